The number of rotatable bonds is 7. The molecule has 1 aliphatic rings. The van der Waals surface area contributed by atoms with E-state index in [1.165, 1.54) is 41.1 Å². The lowest BCUT2D eigenvalue weighted by molar-refractivity contribution is 0.0948. The summed E-state index contributed by atoms with van der Waals surface area (Å²) in [6.07, 6.45) is 4.79. The number of aromatic nitrogens is 1. The molecule has 0 aliphatic carbocycles. The molecule has 1 saturated heterocycles. The highest BCUT2D eigenvalue weighted by Crippen LogP contribution is 2.30. The molecule has 4 heteroatoms. The fourth-order valence-corrected chi connectivity index (χ4v) is 4.18. The van der Waals surface area contributed by atoms with Gasteiger partial charge in [-0.1, -0.05) is 38.0 Å². The molecule has 1 fully saturated rings. The van der Waals surface area contributed by atoms with Crippen LogP contribution in [0.5, 0.6) is 0 Å². The summed E-state index contributed by atoms with van der Waals surface area (Å²) in [7, 11) is 0. The molecule has 0 radical (unpaired) electrons. The van der Waals surface area contributed by atoms with Crippen molar-refractivity contribution >= 4 is 27.7 Å². The van der Waals surface area contributed by atoms with Crippen LogP contribution in [0.1, 0.15) is 43.0 Å². The third kappa shape index (κ3) is 3.72. The summed E-state index contributed by atoms with van der Waals surface area (Å²) >= 11 is 0. The molecule has 4 rings (SSSR count). The van der Waals surface area contributed by atoms with Crippen LogP contribution in [0.2, 0.25) is 0 Å². The molecule has 0 saturated carbocycles. The van der Waals surface area contributed by atoms with Gasteiger partial charge in [-0.3, -0.25) is 4.79 Å². The smallest absolute Gasteiger partial charge is 0.251 e. The molecule has 1 atom stereocenters. The Kier molecular flexibility index (Phi) is 5.44. The number of nitrogens with one attached hydrogen (secondary N) is 2. The molecule has 2 aromatic carbocycles. The molecule has 3 aromatic rings. The molecule has 4 nitrogen and oxygen atoms in total. The number of amides is 1. The van der Waals surface area contributed by atoms with Gasteiger partial charge >= 0.3 is 0 Å². The minimum atomic E-state index is 0.0339. The molecule has 2 heterocycles. The average molecular weight is 364 g/mol. The maximum absolute atomic E-state index is 12.7. The van der Waals surface area contributed by atoms with Gasteiger partial charge in [0.25, 0.3) is 5.91 Å². The number of benzene rings is 2. The third-order valence-electron chi connectivity index (χ3n) is 5.73. The zero-order valence-corrected chi connectivity index (χ0v) is 16.1. The van der Waals surface area contributed by atoms with Crippen molar-refractivity contribution in [1.29, 1.82) is 0 Å². The Morgan fingerprint density at radius 3 is 2.81 bits per heavy atom. The van der Waals surface area contributed by atoms with Crippen molar-refractivity contribution in [3.05, 3.63) is 48.0 Å². The minimum absolute atomic E-state index is 0.0339. The van der Waals surface area contributed by atoms with E-state index in [9.17, 15) is 4.79 Å². The Hall–Kier alpha value is -2.33. The number of hydrogen-bond donors (Lipinski definition) is 2. The monoisotopic (exact) mass is 363 g/mol. The summed E-state index contributed by atoms with van der Waals surface area (Å²) in [4.78, 5) is 12.7. The molecular formula is C23H29N3O. The van der Waals surface area contributed by atoms with Crippen LogP contribution in [0.3, 0.4) is 0 Å². The largest absolute Gasteiger partial charge is 0.352 e. The van der Waals surface area contributed by atoms with Crippen LogP contribution >= 0.6 is 0 Å². The predicted octanol–water partition coefficient (Wildman–Crippen LogP) is 4.32. The molecule has 1 unspecified atom stereocenters. The first-order valence-electron chi connectivity index (χ1n) is 10.3. The van der Waals surface area contributed by atoms with Gasteiger partial charge in [-0.2, -0.15) is 0 Å². The molecule has 0 spiro atoms. The van der Waals surface area contributed by atoms with Gasteiger partial charge in [-0.15, -0.1) is 0 Å². The highest BCUT2D eigenvalue weighted by Gasteiger charge is 2.17. The second kappa shape index (κ2) is 8.13. The lowest BCUT2D eigenvalue weighted by Gasteiger charge is -2.10. The van der Waals surface area contributed by atoms with Gasteiger partial charge in [-0.05, 0) is 56.1 Å². The number of unbranched alkanes of at least 4 members (excludes halogenated alkanes) is 2. The van der Waals surface area contributed by atoms with E-state index in [2.05, 4.69) is 58.5 Å². The predicted molar refractivity (Wildman–Crippen MR) is 112 cm³/mol. The van der Waals surface area contributed by atoms with Crippen LogP contribution in [-0.4, -0.2) is 30.1 Å². The van der Waals surface area contributed by atoms with Crippen molar-refractivity contribution in [3.8, 4) is 0 Å². The number of carbonyl (C=O) groups is 1. The maximum Gasteiger partial charge on any atom is 0.251 e. The molecule has 2 N–H and O–H groups in total. The van der Waals surface area contributed by atoms with E-state index in [0.717, 1.165) is 38.2 Å². The Morgan fingerprint density at radius 1 is 1.15 bits per heavy atom. The highest BCUT2D eigenvalue weighted by molar-refractivity contribution is 6.10. The number of fused-ring (bicyclic) bond motifs is 3. The summed E-state index contributed by atoms with van der Waals surface area (Å²) in [5.74, 6) is 0.588. The summed E-state index contributed by atoms with van der Waals surface area (Å²) in [6.45, 7) is 6.08. The van der Waals surface area contributed by atoms with Gasteiger partial charge in [0, 0.05) is 40.5 Å². The van der Waals surface area contributed by atoms with Gasteiger partial charge in [0.05, 0.1) is 0 Å². The van der Waals surface area contributed by atoms with Crippen LogP contribution in [0, 0.1) is 5.92 Å². The van der Waals surface area contributed by atoms with Crippen LogP contribution < -0.4 is 10.6 Å². The van der Waals surface area contributed by atoms with Gasteiger partial charge in [-0.25, -0.2) is 0 Å². The summed E-state index contributed by atoms with van der Waals surface area (Å²) in [5.41, 5.74) is 3.24. The molecule has 1 aliphatic heterocycles. The summed E-state index contributed by atoms with van der Waals surface area (Å²) in [6, 6.07) is 14.7. The van der Waals surface area contributed by atoms with Crippen molar-refractivity contribution < 1.29 is 4.79 Å². The van der Waals surface area contributed by atoms with Gasteiger partial charge < -0.3 is 15.2 Å². The van der Waals surface area contributed by atoms with Crippen molar-refractivity contribution in [2.45, 2.75) is 39.2 Å². The Labute approximate surface area is 160 Å². The summed E-state index contributed by atoms with van der Waals surface area (Å²) < 4.78 is 2.41. The Bertz CT molecular complexity index is 937. The van der Waals surface area contributed by atoms with Crippen LogP contribution in [0.4, 0.5) is 0 Å². The van der Waals surface area contributed by atoms with Gasteiger partial charge in [0.15, 0.2) is 0 Å². The zero-order chi connectivity index (χ0) is 18.6. The molecule has 27 heavy (non-hydrogen) atoms. The van der Waals surface area contributed by atoms with Crippen molar-refractivity contribution in [2.75, 3.05) is 19.6 Å². The quantitative estimate of drug-likeness (QED) is 0.614. The van der Waals surface area contributed by atoms with E-state index in [4.69, 9.17) is 0 Å². The first-order chi connectivity index (χ1) is 13.3. The van der Waals surface area contributed by atoms with Crippen molar-refractivity contribution in [3.63, 3.8) is 0 Å². The minimum Gasteiger partial charge on any atom is -0.352 e. The molecule has 0 bridgehead atoms. The van der Waals surface area contributed by atoms with Crippen LogP contribution in [0.15, 0.2) is 42.5 Å². The van der Waals surface area contributed by atoms with Crippen molar-refractivity contribution in [1.82, 2.24) is 15.2 Å². The maximum atomic E-state index is 12.7. The van der Waals surface area contributed by atoms with E-state index < -0.39 is 0 Å². The molecular weight excluding hydrogens is 334 g/mol. The first-order valence-corrected chi connectivity index (χ1v) is 10.3. The number of hydrogen-bond acceptors (Lipinski definition) is 2. The Morgan fingerprint density at radius 2 is 2.00 bits per heavy atom. The highest BCUT2D eigenvalue weighted by atomic mass is 16.1. The number of nitrogens with zero attached hydrogens (tertiary/aromatic N) is 1. The van der Waals surface area contributed by atoms with E-state index in [-0.39, 0.29) is 5.91 Å². The van der Waals surface area contributed by atoms with E-state index >= 15 is 0 Å². The normalized spacial score (nSPS) is 17.0. The van der Waals surface area contributed by atoms with Crippen molar-refractivity contribution in [2.24, 2.45) is 5.92 Å². The third-order valence-corrected chi connectivity index (χ3v) is 5.73. The van der Waals surface area contributed by atoms with Gasteiger partial charge in [0.2, 0.25) is 0 Å². The van der Waals surface area contributed by atoms with Crippen LogP contribution in [0.25, 0.3) is 21.8 Å². The lowest BCUT2D eigenvalue weighted by Crippen LogP contribution is -2.30. The number of carbonyl (C=O) groups excluding carboxylic acids is 1. The van der Waals surface area contributed by atoms with E-state index in [0.29, 0.717) is 5.92 Å². The number of para-hydroxylation sites is 1. The van der Waals surface area contributed by atoms with E-state index in [1.807, 2.05) is 6.07 Å². The van der Waals surface area contributed by atoms with E-state index in [1.54, 1.807) is 0 Å². The fourth-order valence-electron chi connectivity index (χ4n) is 4.18. The number of aryl methyl sites for hydroxylation is 1. The molecule has 142 valence electrons. The average Bonchev–Trinajstić information content (AvgIpc) is 3.33. The fraction of sp³-hybridized carbons (Fsp3) is 0.435. The Balaban J connectivity index is 1.63. The first kappa shape index (κ1) is 18.1. The van der Waals surface area contributed by atoms with Gasteiger partial charge in [0.1, 0.15) is 0 Å². The standard InChI is InChI=1S/C23H29N3O/c1-2-3-6-13-26-21-8-5-4-7-19(21)20-14-18(9-10-22(20)26)23(27)25-16-17-11-12-24-15-17/h4-5,7-10,14,17,24H,2-3,6,11-13,15-16H2,1H3,(H,25,27). The second-order valence-corrected chi connectivity index (χ2v) is 7.68. The second-order valence-electron chi connectivity index (χ2n) is 7.68. The SMILES string of the molecule is CCCCCn1c2ccccc2c2cc(C(=O)NCC3CCNC3)ccc21. The zero-order valence-electron chi connectivity index (χ0n) is 16.1. The topological polar surface area (TPSA) is 46.1 Å². The lowest BCUT2D eigenvalue weighted by atomic mass is 10.1. The molecule has 1 aromatic heterocycles. The van der Waals surface area contributed by atoms with Crippen LogP contribution in [-0.2, 0) is 6.54 Å². The summed E-state index contributed by atoms with van der Waals surface area (Å²) in [5, 5.41) is 8.88. The molecule has 1 amide bonds.